The molecular formula is C90H120BN3O3. The second-order valence-corrected chi connectivity index (χ2v) is 26.5. The average molecular weight is 1300 g/mol. The van der Waals surface area contributed by atoms with Crippen LogP contribution >= 0.6 is 0 Å². The minimum Gasteiger partial charge on any atom is -0.907 e. The van der Waals surface area contributed by atoms with Crippen molar-refractivity contribution in [1.82, 2.24) is 0 Å². The predicted octanol–water partition coefficient (Wildman–Crippen LogP) is 19.4. The summed E-state index contributed by atoms with van der Waals surface area (Å²) in [6, 6.07) is 102. The molecule has 0 radical (unpaired) electrons. The van der Waals surface area contributed by atoms with Gasteiger partial charge in [0.15, 0.2) is 0 Å². The third-order valence-corrected chi connectivity index (χ3v) is 22.8. The van der Waals surface area contributed by atoms with E-state index in [0.29, 0.717) is 17.8 Å². The van der Waals surface area contributed by atoms with Crippen molar-refractivity contribution in [3.05, 3.63) is 323 Å². The van der Waals surface area contributed by atoms with Crippen molar-refractivity contribution in [2.45, 2.75) is 175 Å². The van der Waals surface area contributed by atoms with Gasteiger partial charge in [0.2, 0.25) is 0 Å². The highest BCUT2D eigenvalue weighted by atomic mass is 16.5. The molecule has 0 aliphatic heterocycles. The molecule has 97 heavy (non-hydrogen) atoms. The van der Waals surface area contributed by atoms with Gasteiger partial charge in [0.05, 0.1) is 76.7 Å². The van der Waals surface area contributed by atoms with E-state index in [1.54, 1.807) is 0 Å². The Balaban J connectivity index is 0.000000223. The monoisotopic (exact) mass is 1300 g/mol. The van der Waals surface area contributed by atoms with Crippen molar-refractivity contribution in [3.63, 3.8) is 0 Å². The number of hydrogen-bond acceptors (Lipinski definition) is 3. The molecule has 0 amide bonds. The van der Waals surface area contributed by atoms with Gasteiger partial charge in [-0.25, -0.2) is 0 Å². The molecule has 9 aromatic carbocycles. The molecule has 0 aliphatic carbocycles. The van der Waals surface area contributed by atoms with Crippen molar-refractivity contribution in [1.29, 1.82) is 0 Å². The highest BCUT2D eigenvalue weighted by Gasteiger charge is 2.58. The smallest absolute Gasteiger partial charge is 0.136 e. The number of likely N-dealkylation sites (N-methyl/N-ethyl adjacent to an activating group) is 3. The van der Waals surface area contributed by atoms with Crippen molar-refractivity contribution in [2.75, 3.05) is 58.9 Å². The molecule has 0 aromatic heterocycles. The maximum absolute atomic E-state index is 8.42. The summed E-state index contributed by atoms with van der Waals surface area (Å²) in [5, 5.41) is 25.2. The first-order valence-corrected chi connectivity index (χ1v) is 37.3. The predicted molar refractivity (Wildman–Crippen MR) is 409 cm³/mol. The molecule has 7 heteroatoms. The standard InChI is InChI=1S/3C30H40N.BO3/c3*1-5-9-25-30(28-23-17-12-18-24-28,31(6-2,7-3)8-4)29(26-19-13-10-14-20-26)27-21-15-11-16-22-27;2-1(3)4/h3*10-24,29H,5-9,25H2,1-4H3;/q3*+1;-3. The molecule has 0 aliphatic rings. The van der Waals surface area contributed by atoms with Crippen molar-refractivity contribution in [3.8, 4) is 0 Å². The molecule has 516 valence electrons. The summed E-state index contributed by atoms with van der Waals surface area (Å²) in [4.78, 5) is 0. The minimum absolute atomic E-state index is 0.0295. The Bertz CT molecular complexity index is 2950. The van der Waals surface area contributed by atoms with E-state index >= 15 is 0 Å². The van der Waals surface area contributed by atoms with Crippen LogP contribution in [0.4, 0.5) is 0 Å². The minimum atomic E-state index is -2.92. The lowest BCUT2D eigenvalue weighted by atomic mass is 9.66. The molecule has 9 rings (SSSR count). The van der Waals surface area contributed by atoms with Crippen molar-refractivity contribution < 1.29 is 28.5 Å². The van der Waals surface area contributed by atoms with E-state index in [9.17, 15) is 0 Å². The summed E-state index contributed by atoms with van der Waals surface area (Å²) in [7, 11) is -2.92. The van der Waals surface area contributed by atoms with Gasteiger partial charge in [-0.2, -0.15) is 0 Å². The molecule has 3 unspecified atom stereocenters. The first-order valence-electron chi connectivity index (χ1n) is 37.3. The van der Waals surface area contributed by atoms with E-state index in [2.05, 4.69) is 356 Å². The third-order valence-electron chi connectivity index (χ3n) is 22.8. The summed E-state index contributed by atoms with van der Waals surface area (Å²) >= 11 is 0. The molecule has 6 nitrogen and oxygen atoms in total. The number of quaternary nitrogens is 3. The van der Waals surface area contributed by atoms with Gasteiger partial charge in [-0.1, -0.05) is 313 Å². The second kappa shape index (κ2) is 40.0. The SMILES string of the molecule is CCCCC(c1ccccc1)(C(c1ccccc1)c1ccccc1)[N+](CC)(CC)CC.CCCCC(c1ccccc1)(C(c1ccccc1)c1ccccc1)[N+](CC)(CC)CC.CCCCC(c1ccccc1)(C(c1ccccc1)c1ccccc1)[N+](CC)(CC)CC.[O-]B([O-])[O-]. The second-order valence-electron chi connectivity index (χ2n) is 26.5. The highest BCUT2D eigenvalue weighted by Crippen LogP contribution is 2.56. The fourth-order valence-corrected chi connectivity index (χ4v) is 17.9. The van der Waals surface area contributed by atoms with Gasteiger partial charge in [-0.05, 0) is 115 Å². The van der Waals surface area contributed by atoms with Crippen LogP contribution < -0.4 is 15.1 Å². The Kier molecular flexibility index (Phi) is 32.5. The average Bonchev–Trinajstić information content (AvgIpc) is 0.739. The summed E-state index contributed by atoms with van der Waals surface area (Å²) < 4.78 is 3.27. The number of rotatable bonds is 33. The van der Waals surface area contributed by atoms with Gasteiger partial charge in [-0.15, -0.1) is 0 Å². The van der Waals surface area contributed by atoms with Crippen LogP contribution in [-0.2, 0) is 16.6 Å². The summed E-state index contributed by atoms with van der Waals surface area (Å²) in [5.41, 5.74) is 12.9. The maximum atomic E-state index is 8.42. The zero-order valence-corrected chi connectivity index (χ0v) is 61.6. The Labute approximate surface area is 589 Å². The largest absolute Gasteiger partial charge is 0.907 e. The third kappa shape index (κ3) is 17.8. The molecule has 0 saturated carbocycles. The highest BCUT2D eigenvalue weighted by molar-refractivity contribution is 6.24. The van der Waals surface area contributed by atoms with E-state index in [-0.39, 0.29) is 16.6 Å². The first-order chi connectivity index (χ1) is 47.3. The quantitative estimate of drug-likeness (QED) is 0.0304. The Hall–Kier alpha value is -7.20. The van der Waals surface area contributed by atoms with Gasteiger partial charge in [-0.3, -0.25) is 7.32 Å². The fraction of sp³-hybridized carbons (Fsp3) is 0.400. The molecule has 0 bridgehead atoms. The van der Waals surface area contributed by atoms with Crippen LogP contribution in [0.1, 0.15) is 209 Å². The lowest BCUT2D eigenvalue weighted by Gasteiger charge is -2.57. The fourth-order valence-electron chi connectivity index (χ4n) is 17.9. The zero-order valence-electron chi connectivity index (χ0n) is 61.6. The number of hydrogen-bond donors (Lipinski definition) is 0. The molecular weight excluding hydrogens is 1180 g/mol. The maximum Gasteiger partial charge on any atom is 0.136 e. The topological polar surface area (TPSA) is 69.2 Å². The van der Waals surface area contributed by atoms with Gasteiger partial charge in [0.25, 0.3) is 0 Å². The molecule has 9 aromatic rings. The van der Waals surface area contributed by atoms with E-state index in [0.717, 1.165) is 72.4 Å². The zero-order chi connectivity index (χ0) is 70.1. The van der Waals surface area contributed by atoms with Crippen LogP contribution in [0, 0.1) is 0 Å². The molecule has 0 N–H and O–H groups in total. The van der Waals surface area contributed by atoms with Gasteiger partial charge in [0, 0.05) is 36.0 Å². The van der Waals surface area contributed by atoms with Crippen molar-refractivity contribution >= 4 is 7.32 Å². The normalized spacial score (nSPS) is 13.5. The van der Waals surface area contributed by atoms with Crippen LogP contribution in [0.5, 0.6) is 0 Å². The summed E-state index contributed by atoms with van der Waals surface area (Å²) in [6.07, 6.45) is 10.8. The van der Waals surface area contributed by atoms with E-state index in [1.807, 2.05) is 0 Å². The molecule has 0 heterocycles. The van der Waals surface area contributed by atoms with Crippen LogP contribution in [0.25, 0.3) is 0 Å². The molecule has 0 fully saturated rings. The Morgan fingerprint density at radius 1 is 0.237 bits per heavy atom. The lowest BCUT2D eigenvalue weighted by Crippen LogP contribution is -2.65. The van der Waals surface area contributed by atoms with Crippen LogP contribution in [0.2, 0.25) is 0 Å². The van der Waals surface area contributed by atoms with E-state index in [4.69, 9.17) is 15.1 Å². The number of nitrogens with zero attached hydrogens (tertiary/aromatic N) is 3. The van der Waals surface area contributed by atoms with Crippen molar-refractivity contribution in [2.24, 2.45) is 0 Å². The van der Waals surface area contributed by atoms with Crippen LogP contribution in [0.15, 0.2) is 273 Å². The number of unbranched alkanes of at least 4 members (excludes halogenated alkanes) is 3. The number of benzene rings is 9. The van der Waals surface area contributed by atoms with E-state index in [1.165, 1.54) is 108 Å². The molecule has 3 atom stereocenters. The van der Waals surface area contributed by atoms with Gasteiger partial charge >= 0.3 is 0 Å². The Morgan fingerprint density at radius 2 is 0.371 bits per heavy atom. The summed E-state index contributed by atoms with van der Waals surface area (Å²) in [5.74, 6) is 0.885. The van der Waals surface area contributed by atoms with Gasteiger partial charge < -0.3 is 28.5 Å². The lowest BCUT2D eigenvalue weighted by molar-refractivity contribution is -0.982. The molecule has 0 saturated heterocycles. The van der Waals surface area contributed by atoms with E-state index < -0.39 is 7.32 Å². The summed E-state index contributed by atoms with van der Waals surface area (Å²) in [6.45, 7) is 38.7. The van der Waals surface area contributed by atoms with Crippen LogP contribution in [0.3, 0.4) is 0 Å². The molecule has 0 spiro atoms. The first kappa shape index (κ1) is 78.8. The van der Waals surface area contributed by atoms with Gasteiger partial charge in [0.1, 0.15) is 16.6 Å². The van der Waals surface area contributed by atoms with Crippen LogP contribution in [-0.4, -0.2) is 79.7 Å². The Morgan fingerprint density at radius 3 is 0.495 bits per heavy atom.